The van der Waals surface area contributed by atoms with Gasteiger partial charge in [-0.25, -0.2) is 4.99 Å². The van der Waals surface area contributed by atoms with E-state index in [0.29, 0.717) is 5.16 Å². The molecule has 1 aromatic heterocycles. The molecule has 0 saturated carbocycles. The number of hydrogen-bond donors (Lipinski definition) is 0. The topological polar surface area (TPSA) is 25.2 Å². The predicted molar refractivity (Wildman–Crippen MR) is 59.5 cm³/mol. The maximum atomic E-state index is 6.00. The van der Waals surface area contributed by atoms with E-state index in [1.807, 2.05) is 32.2 Å². The van der Waals surface area contributed by atoms with Crippen LogP contribution in [0.2, 0.25) is 0 Å². The molecule has 0 aromatic carbocycles. The van der Waals surface area contributed by atoms with Crippen LogP contribution >= 0.6 is 11.6 Å². The number of pyridine rings is 1. The average molecular weight is 207 g/mol. The molecule has 2 rings (SSSR count). The van der Waals surface area contributed by atoms with Gasteiger partial charge in [-0.15, -0.1) is 0 Å². The van der Waals surface area contributed by atoms with Gasteiger partial charge in [0.05, 0.1) is 5.69 Å². The summed E-state index contributed by atoms with van der Waals surface area (Å²) < 4.78 is 0. The summed E-state index contributed by atoms with van der Waals surface area (Å²) >= 11 is 6.00. The second-order valence-electron chi connectivity index (χ2n) is 3.51. The standard InChI is InChI=1S/C11H11ClN2/c1-7-3-4-10(13-6-7)9-5-8(2)14-11(9)12/h3-4,6H,5H2,1-2H3. The van der Waals surface area contributed by atoms with Crippen LogP contribution in [-0.4, -0.2) is 10.7 Å². The third kappa shape index (κ3) is 1.70. The van der Waals surface area contributed by atoms with Crippen LogP contribution in [0.25, 0.3) is 5.57 Å². The molecule has 0 amide bonds. The monoisotopic (exact) mass is 206 g/mol. The van der Waals surface area contributed by atoms with E-state index < -0.39 is 0 Å². The fourth-order valence-electron chi connectivity index (χ4n) is 1.45. The van der Waals surface area contributed by atoms with Gasteiger partial charge in [-0.3, -0.25) is 4.98 Å². The zero-order valence-electron chi connectivity index (χ0n) is 8.21. The molecule has 3 heteroatoms. The highest BCUT2D eigenvalue weighted by molar-refractivity contribution is 6.34. The van der Waals surface area contributed by atoms with Crippen molar-refractivity contribution in [1.82, 2.24) is 4.98 Å². The number of halogens is 1. The van der Waals surface area contributed by atoms with Crippen LogP contribution in [0.5, 0.6) is 0 Å². The Hall–Kier alpha value is -1.15. The summed E-state index contributed by atoms with van der Waals surface area (Å²) in [6, 6.07) is 4.02. The zero-order chi connectivity index (χ0) is 10.1. The van der Waals surface area contributed by atoms with E-state index in [1.54, 1.807) is 0 Å². The van der Waals surface area contributed by atoms with Crippen LogP contribution in [0, 0.1) is 6.92 Å². The van der Waals surface area contributed by atoms with Gasteiger partial charge in [-0.1, -0.05) is 17.7 Å². The summed E-state index contributed by atoms with van der Waals surface area (Å²) in [6.45, 7) is 3.99. The molecule has 0 radical (unpaired) electrons. The Bertz CT molecular complexity index is 415. The number of hydrogen-bond acceptors (Lipinski definition) is 2. The lowest BCUT2D eigenvalue weighted by Crippen LogP contribution is -1.91. The first-order valence-corrected chi connectivity index (χ1v) is 4.90. The predicted octanol–water partition coefficient (Wildman–Crippen LogP) is 3.16. The summed E-state index contributed by atoms with van der Waals surface area (Å²) in [5.41, 5.74) is 4.17. The molecule has 0 atom stereocenters. The number of nitrogens with zero attached hydrogens (tertiary/aromatic N) is 2. The van der Waals surface area contributed by atoms with Crippen molar-refractivity contribution >= 4 is 22.9 Å². The second-order valence-corrected chi connectivity index (χ2v) is 3.87. The lowest BCUT2D eigenvalue weighted by Gasteiger charge is -2.01. The molecule has 1 aromatic rings. The molecule has 2 heterocycles. The van der Waals surface area contributed by atoms with Gasteiger partial charge >= 0.3 is 0 Å². The van der Waals surface area contributed by atoms with E-state index in [9.17, 15) is 0 Å². The highest BCUT2D eigenvalue weighted by atomic mass is 35.5. The van der Waals surface area contributed by atoms with Crippen LogP contribution in [0.1, 0.15) is 24.6 Å². The van der Waals surface area contributed by atoms with Gasteiger partial charge in [-0.05, 0) is 25.5 Å². The van der Waals surface area contributed by atoms with Crippen molar-refractivity contribution in [2.24, 2.45) is 4.99 Å². The van der Waals surface area contributed by atoms with E-state index in [4.69, 9.17) is 11.6 Å². The van der Waals surface area contributed by atoms with Crippen molar-refractivity contribution < 1.29 is 0 Å². The molecule has 0 saturated heterocycles. The van der Waals surface area contributed by atoms with Gasteiger partial charge in [0.2, 0.25) is 0 Å². The molecule has 0 fully saturated rings. The van der Waals surface area contributed by atoms with Gasteiger partial charge in [0.1, 0.15) is 5.16 Å². The van der Waals surface area contributed by atoms with Gasteiger partial charge in [0, 0.05) is 23.9 Å². The van der Waals surface area contributed by atoms with E-state index in [0.717, 1.165) is 29.0 Å². The lowest BCUT2D eigenvalue weighted by molar-refractivity contribution is 1.21. The molecular formula is C11H11ClN2. The normalized spacial score (nSPS) is 16.1. The van der Waals surface area contributed by atoms with Crippen LogP contribution in [0.3, 0.4) is 0 Å². The molecule has 0 unspecified atom stereocenters. The molecule has 1 aliphatic rings. The van der Waals surface area contributed by atoms with Crippen molar-refractivity contribution in [2.75, 3.05) is 0 Å². The Balaban J connectivity index is 2.35. The number of allylic oxidation sites excluding steroid dienone is 1. The molecule has 72 valence electrons. The van der Waals surface area contributed by atoms with Gasteiger partial charge in [0.25, 0.3) is 0 Å². The zero-order valence-corrected chi connectivity index (χ0v) is 8.97. The number of aryl methyl sites for hydroxylation is 1. The van der Waals surface area contributed by atoms with Gasteiger partial charge in [-0.2, -0.15) is 0 Å². The second kappa shape index (κ2) is 3.54. The average Bonchev–Trinajstić information content (AvgIpc) is 2.47. The number of rotatable bonds is 1. The third-order valence-corrected chi connectivity index (χ3v) is 2.50. The maximum Gasteiger partial charge on any atom is 0.134 e. The Morgan fingerprint density at radius 1 is 1.29 bits per heavy atom. The molecule has 0 bridgehead atoms. The SMILES string of the molecule is CC1=NC(Cl)=C(c2ccc(C)cn2)C1. The minimum absolute atomic E-state index is 0.582. The first-order chi connectivity index (χ1) is 6.66. The first-order valence-electron chi connectivity index (χ1n) is 4.52. The Labute approximate surface area is 88.3 Å². The van der Waals surface area contributed by atoms with Gasteiger partial charge in [0.15, 0.2) is 0 Å². The van der Waals surface area contributed by atoms with Crippen molar-refractivity contribution in [3.8, 4) is 0 Å². The lowest BCUT2D eigenvalue weighted by atomic mass is 10.1. The van der Waals surface area contributed by atoms with Crippen molar-refractivity contribution in [3.05, 3.63) is 34.7 Å². The van der Waals surface area contributed by atoms with E-state index >= 15 is 0 Å². The minimum Gasteiger partial charge on any atom is -0.256 e. The fourth-order valence-corrected chi connectivity index (χ4v) is 1.75. The van der Waals surface area contributed by atoms with Crippen molar-refractivity contribution in [2.45, 2.75) is 20.3 Å². The highest BCUT2D eigenvalue weighted by Crippen LogP contribution is 2.30. The molecular weight excluding hydrogens is 196 g/mol. The Morgan fingerprint density at radius 2 is 2.07 bits per heavy atom. The third-order valence-electron chi connectivity index (χ3n) is 2.19. The summed E-state index contributed by atoms with van der Waals surface area (Å²) in [5.74, 6) is 0. The molecule has 2 nitrogen and oxygen atoms in total. The summed E-state index contributed by atoms with van der Waals surface area (Å²) in [4.78, 5) is 8.52. The summed E-state index contributed by atoms with van der Waals surface area (Å²) in [6.07, 6.45) is 2.66. The minimum atomic E-state index is 0.582. The molecule has 0 spiro atoms. The fraction of sp³-hybridized carbons (Fsp3) is 0.273. The summed E-state index contributed by atoms with van der Waals surface area (Å²) in [5, 5.41) is 0.582. The van der Waals surface area contributed by atoms with Crippen LogP contribution in [-0.2, 0) is 0 Å². The molecule has 0 N–H and O–H groups in total. The Kier molecular flexibility index (Phi) is 2.38. The molecule has 14 heavy (non-hydrogen) atoms. The van der Waals surface area contributed by atoms with Crippen molar-refractivity contribution in [3.63, 3.8) is 0 Å². The number of aromatic nitrogens is 1. The first kappa shape index (κ1) is 9.41. The van der Waals surface area contributed by atoms with Crippen LogP contribution in [0.4, 0.5) is 0 Å². The smallest absolute Gasteiger partial charge is 0.134 e. The van der Waals surface area contributed by atoms with Crippen LogP contribution < -0.4 is 0 Å². The highest BCUT2D eigenvalue weighted by Gasteiger charge is 2.15. The molecule has 1 aliphatic heterocycles. The van der Waals surface area contributed by atoms with Crippen LogP contribution in [0.15, 0.2) is 28.5 Å². The van der Waals surface area contributed by atoms with Gasteiger partial charge < -0.3 is 0 Å². The maximum absolute atomic E-state index is 6.00. The molecule has 0 aliphatic carbocycles. The van der Waals surface area contributed by atoms with Crippen molar-refractivity contribution in [1.29, 1.82) is 0 Å². The van der Waals surface area contributed by atoms with E-state index in [1.165, 1.54) is 0 Å². The summed E-state index contributed by atoms with van der Waals surface area (Å²) in [7, 11) is 0. The van der Waals surface area contributed by atoms with E-state index in [-0.39, 0.29) is 0 Å². The number of aliphatic imine (C=N–C) groups is 1. The largest absolute Gasteiger partial charge is 0.256 e. The quantitative estimate of drug-likeness (QED) is 0.648. The Morgan fingerprint density at radius 3 is 2.57 bits per heavy atom. The van der Waals surface area contributed by atoms with E-state index in [2.05, 4.69) is 9.98 Å².